The zero-order valence-electron chi connectivity index (χ0n) is 13.3. The summed E-state index contributed by atoms with van der Waals surface area (Å²) in [6.07, 6.45) is 10.1. The molecule has 1 saturated carbocycles. The maximum absolute atomic E-state index is 5.95. The van der Waals surface area contributed by atoms with Gasteiger partial charge in [-0.2, -0.15) is 0 Å². The van der Waals surface area contributed by atoms with Crippen molar-refractivity contribution in [3.63, 3.8) is 0 Å². The SMILES string of the molecule is CCCCO[C@H]1CC[C@H]([C@H]2OC[C@H](CCC)CO2)CC1. The average molecular weight is 284 g/mol. The zero-order chi connectivity index (χ0) is 14.2. The van der Waals surface area contributed by atoms with Crippen LogP contribution in [0.15, 0.2) is 0 Å². The lowest BCUT2D eigenvalue weighted by atomic mass is 9.86. The molecule has 1 aliphatic heterocycles. The number of hydrogen-bond acceptors (Lipinski definition) is 3. The van der Waals surface area contributed by atoms with Gasteiger partial charge in [0.15, 0.2) is 6.29 Å². The molecule has 1 aliphatic carbocycles. The van der Waals surface area contributed by atoms with Crippen LogP contribution < -0.4 is 0 Å². The topological polar surface area (TPSA) is 27.7 Å². The fraction of sp³-hybridized carbons (Fsp3) is 1.00. The van der Waals surface area contributed by atoms with E-state index in [1.165, 1.54) is 51.4 Å². The summed E-state index contributed by atoms with van der Waals surface area (Å²) in [7, 11) is 0. The Labute approximate surface area is 124 Å². The van der Waals surface area contributed by atoms with Crippen LogP contribution in [0.2, 0.25) is 0 Å². The second-order valence-electron chi connectivity index (χ2n) is 6.45. The molecule has 1 saturated heterocycles. The molecule has 0 spiro atoms. The molecule has 0 aromatic heterocycles. The molecule has 0 aromatic carbocycles. The Kier molecular flexibility index (Phi) is 7.32. The van der Waals surface area contributed by atoms with Crippen LogP contribution in [0, 0.1) is 11.8 Å². The van der Waals surface area contributed by atoms with Crippen LogP contribution in [0.4, 0.5) is 0 Å². The monoisotopic (exact) mass is 284 g/mol. The Morgan fingerprint density at radius 3 is 2.25 bits per heavy atom. The third kappa shape index (κ3) is 5.01. The Morgan fingerprint density at radius 2 is 1.65 bits per heavy atom. The number of hydrogen-bond donors (Lipinski definition) is 0. The van der Waals surface area contributed by atoms with Gasteiger partial charge in [-0.1, -0.05) is 26.7 Å². The lowest BCUT2D eigenvalue weighted by Crippen LogP contribution is -2.39. The van der Waals surface area contributed by atoms with Crippen molar-refractivity contribution in [2.24, 2.45) is 11.8 Å². The van der Waals surface area contributed by atoms with Crippen LogP contribution in [-0.4, -0.2) is 32.2 Å². The maximum Gasteiger partial charge on any atom is 0.160 e. The molecule has 0 N–H and O–H groups in total. The Hall–Kier alpha value is -0.120. The first-order chi connectivity index (χ1) is 9.83. The van der Waals surface area contributed by atoms with E-state index in [0.717, 1.165) is 19.8 Å². The first kappa shape index (κ1) is 16.3. The van der Waals surface area contributed by atoms with E-state index in [1.54, 1.807) is 0 Å². The van der Waals surface area contributed by atoms with Gasteiger partial charge in [0, 0.05) is 18.4 Å². The molecule has 118 valence electrons. The summed E-state index contributed by atoms with van der Waals surface area (Å²) in [6.45, 7) is 7.16. The molecule has 0 aromatic rings. The van der Waals surface area contributed by atoms with Gasteiger partial charge < -0.3 is 14.2 Å². The Bertz CT molecular complexity index is 241. The number of ether oxygens (including phenoxy) is 3. The molecule has 0 atom stereocenters. The highest BCUT2D eigenvalue weighted by atomic mass is 16.7. The van der Waals surface area contributed by atoms with Crippen LogP contribution in [-0.2, 0) is 14.2 Å². The Morgan fingerprint density at radius 1 is 0.950 bits per heavy atom. The molecular weight excluding hydrogens is 252 g/mol. The summed E-state index contributed by atoms with van der Waals surface area (Å²) in [5.74, 6) is 1.20. The molecule has 0 bridgehead atoms. The molecule has 20 heavy (non-hydrogen) atoms. The summed E-state index contributed by atoms with van der Waals surface area (Å²) in [5.41, 5.74) is 0. The molecule has 2 rings (SSSR count). The minimum absolute atomic E-state index is 0.0553. The summed E-state index contributed by atoms with van der Waals surface area (Å²) < 4.78 is 17.8. The number of unbranched alkanes of at least 4 members (excludes halogenated alkanes) is 1. The van der Waals surface area contributed by atoms with Gasteiger partial charge in [0.1, 0.15) is 0 Å². The molecule has 2 fully saturated rings. The zero-order valence-corrected chi connectivity index (χ0v) is 13.3. The number of rotatable bonds is 7. The lowest BCUT2D eigenvalue weighted by Gasteiger charge is -2.37. The highest BCUT2D eigenvalue weighted by Gasteiger charge is 2.32. The predicted molar refractivity (Wildman–Crippen MR) is 80.7 cm³/mol. The minimum atomic E-state index is 0.0553. The van der Waals surface area contributed by atoms with Crippen molar-refractivity contribution in [1.82, 2.24) is 0 Å². The van der Waals surface area contributed by atoms with E-state index in [-0.39, 0.29) is 6.29 Å². The van der Waals surface area contributed by atoms with E-state index in [1.807, 2.05) is 0 Å². The highest BCUT2D eigenvalue weighted by molar-refractivity contribution is 4.77. The van der Waals surface area contributed by atoms with Crippen molar-refractivity contribution in [3.8, 4) is 0 Å². The summed E-state index contributed by atoms with van der Waals surface area (Å²) in [5, 5.41) is 0. The lowest BCUT2D eigenvalue weighted by molar-refractivity contribution is -0.231. The van der Waals surface area contributed by atoms with Crippen molar-refractivity contribution in [3.05, 3.63) is 0 Å². The average Bonchev–Trinajstić information content (AvgIpc) is 2.49. The van der Waals surface area contributed by atoms with Gasteiger partial charge in [-0.05, 0) is 38.5 Å². The minimum Gasteiger partial charge on any atom is -0.378 e. The first-order valence-corrected chi connectivity index (χ1v) is 8.68. The highest BCUT2D eigenvalue weighted by Crippen LogP contribution is 2.32. The van der Waals surface area contributed by atoms with Crippen LogP contribution >= 0.6 is 0 Å². The predicted octanol–water partition coefficient (Wildman–Crippen LogP) is 4.15. The van der Waals surface area contributed by atoms with E-state index >= 15 is 0 Å². The van der Waals surface area contributed by atoms with Gasteiger partial charge in [-0.15, -0.1) is 0 Å². The second kappa shape index (κ2) is 9.01. The van der Waals surface area contributed by atoms with E-state index in [4.69, 9.17) is 14.2 Å². The van der Waals surface area contributed by atoms with Crippen molar-refractivity contribution in [2.75, 3.05) is 19.8 Å². The largest absolute Gasteiger partial charge is 0.378 e. The van der Waals surface area contributed by atoms with Crippen LogP contribution in [0.1, 0.15) is 65.2 Å². The van der Waals surface area contributed by atoms with E-state index in [0.29, 0.717) is 17.9 Å². The molecule has 0 unspecified atom stereocenters. The van der Waals surface area contributed by atoms with E-state index < -0.39 is 0 Å². The van der Waals surface area contributed by atoms with Gasteiger partial charge >= 0.3 is 0 Å². The van der Waals surface area contributed by atoms with Gasteiger partial charge in [0.2, 0.25) is 0 Å². The van der Waals surface area contributed by atoms with Gasteiger partial charge in [-0.25, -0.2) is 0 Å². The Balaban J connectivity index is 1.62. The van der Waals surface area contributed by atoms with Crippen molar-refractivity contribution in [1.29, 1.82) is 0 Å². The normalized spacial score (nSPS) is 35.1. The smallest absolute Gasteiger partial charge is 0.160 e. The third-order valence-electron chi connectivity index (χ3n) is 4.64. The van der Waals surface area contributed by atoms with Gasteiger partial charge in [0.25, 0.3) is 0 Å². The fourth-order valence-electron chi connectivity index (χ4n) is 3.33. The standard InChI is InChI=1S/C17H32O3/c1-3-5-11-18-16-9-7-15(8-10-16)17-19-12-14(6-4-2)13-20-17/h14-17H,3-13H2,1-2H3/t14-,15-,16-,17-. The maximum atomic E-state index is 5.95. The van der Waals surface area contributed by atoms with Crippen LogP contribution in [0.3, 0.4) is 0 Å². The molecule has 0 radical (unpaired) electrons. The van der Waals surface area contributed by atoms with Crippen LogP contribution in [0.5, 0.6) is 0 Å². The van der Waals surface area contributed by atoms with Crippen LogP contribution in [0.25, 0.3) is 0 Å². The molecular formula is C17H32O3. The molecule has 0 amide bonds. The summed E-state index contributed by atoms with van der Waals surface area (Å²) in [4.78, 5) is 0. The quantitative estimate of drug-likeness (QED) is 0.657. The first-order valence-electron chi connectivity index (χ1n) is 8.68. The molecule has 2 aliphatic rings. The van der Waals surface area contributed by atoms with E-state index in [2.05, 4.69) is 13.8 Å². The summed E-state index contributed by atoms with van der Waals surface area (Å²) >= 11 is 0. The molecule has 1 heterocycles. The molecule has 3 nitrogen and oxygen atoms in total. The van der Waals surface area contributed by atoms with E-state index in [9.17, 15) is 0 Å². The third-order valence-corrected chi connectivity index (χ3v) is 4.64. The fourth-order valence-corrected chi connectivity index (χ4v) is 3.33. The molecule has 3 heteroatoms. The van der Waals surface area contributed by atoms with Gasteiger partial charge in [0.05, 0.1) is 19.3 Å². The summed E-state index contributed by atoms with van der Waals surface area (Å²) in [6, 6.07) is 0. The van der Waals surface area contributed by atoms with Crippen molar-refractivity contribution >= 4 is 0 Å². The van der Waals surface area contributed by atoms with Crippen molar-refractivity contribution < 1.29 is 14.2 Å². The van der Waals surface area contributed by atoms with Gasteiger partial charge in [-0.3, -0.25) is 0 Å². The van der Waals surface area contributed by atoms with Crippen molar-refractivity contribution in [2.45, 2.75) is 77.6 Å². The second-order valence-corrected chi connectivity index (χ2v) is 6.45.